The Morgan fingerprint density at radius 3 is 2.52 bits per heavy atom. The van der Waals surface area contributed by atoms with Crippen LogP contribution in [0.4, 0.5) is 0 Å². The summed E-state index contributed by atoms with van der Waals surface area (Å²) in [6.07, 6.45) is 2.18. The molecule has 0 aromatic heterocycles. The van der Waals surface area contributed by atoms with E-state index in [1.165, 1.54) is 11.0 Å². The third-order valence-electron chi connectivity index (χ3n) is 3.70. The number of ketones is 1. The average Bonchev–Trinajstić information content (AvgIpc) is 2.91. The second-order valence-corrected chi connectivity index (χ2v) is 5.47. The molecule has 8 heteroatoms. The summed E-state index contributed by atoms with van der Waals surface area (Å²) >= 11 is 0. The number of carbonyl (C=O) groups is 4. The minimum absolute atomic E-state index is 0.000463. The van der Waals surface area contributed by atoms with Crippen molar-refractivity contribution in [2.24, 2.45) is 5.92 Å². The number of hydrogen-bond acceptors (Lipinski definition) is 5. The van der Waals surface area contributed by atoms with E-state index in [1.807, 2.05) is 6.92 Å². The van der Waals surface area contributed by atoms with Crippen LogP contribution in [0.15, 0.2) is 12.7 Å². The maximum absolute atomic E-state index is 12.3. The molecule has 1 rings (SSSR count). The van der Waals surface area contributed by atoms with Gasteiger partial charge in [-0.1, -0.05) is 13.0 Å². The van der Waals surface area contributed by atoms with Crippen molar-refractivity contribution < 1.29 is 19.2 Å². The summed E-state index contributed by atoms with van der Waals surface area (Å²) in [5, 5.41) is 7.56. The third kappa shape index (κ3) is 5.17. The van der Waals surface area contributed by atoms with Crippen LogP contribution in [-0.4, -0.2) is 67.7 Å². The molecule has 3 amide bonds. The smallest absolute Gasteiger partial charge is 0.289 e. The van der Waals surface area contributed by atoms with Crippen LogP contribution in [0, 0.1) is 5.92 Å². The molecule has 128 valence electrons. The number of rotatable bonds is 8. The average molecular weight is 324 g/mol. The molecule has 0 bridgehead atoms. The Bertz CT molecular complexity index is 492. The van der Waals surface area contributed by atoms with E-state index in [1.54, 1.807) is 7.05 Å². The molecule has 1 aliphatic rings. The Balaban J connectivity index is 2.57. The van der Waals surface area contributed by atoms with Crippen LogP contribution in [0.5, 0.6) is 0 Å². The van der Waals surface area contributed by atoms with Crippen molar-refractivity contribution in [3.63, 3.8) is 0 Å². The molecule has 0 radical (unpaired) electrons. The third-order valence-corrected chi connectivity index (χ3v) is 3.70. The normalized spacial score (nSPS) is 20.0. The maximum Gasteiger partial charge on any atom is 0.289 e. The van der Waals surface area contributed by atoms with Gasteiger partial charge in [-0.25, -0.2) is 0 Å². The Kier molecular flexibility index (Phi) is 7.40. The van der Waals surface area contributed by atoms with Crippen molar-refractivity contribution in [3.05, 3.63) is 12.7 Å². The molecule has 1 aliphatic heterocycles. The van der Waals surface area contributed by atoms with Gasteiger partial charge in [0.2, 0.25) is 17.6 Å². The van der Waals surface area contributed by atoms with Gasteiger partial charge in [0.15, 0.2) is 0 Å². The number of Topliss-reactive ketones (excluding diaryl/α,β-unsaturated/α-hetero) is 1. The van der Waals surface area contributed by atoms with Gasteiger partial charge >= 0.3 is 0 Å². The fourth-order valence-corrected chi connectivity index (χ4v) is 2.50. The molecule has 23 heavy (non-hydrogen) atoms. The molecule has 3 N–H and O–H groups in total. The number of likely N-dealkylation sites (N-methyl/N-ethyl adjacent to an activating group) is 1. The van der Waals surface area contributed by atoms with E-state index < -0.39 is 23.6 Å². The zero-order chi connectivity index (χ0) is 17.4. The fraction of sp³-hybridized carbons (Fsp3) is 0.600. The minimum atomic E-state index is -0.771. The summed E-state index contributed by atoms with van der Waals surface area (Å²) in [7, 11) is 1.66. The van der Waals surface area contributed by atoms with Crippen molar-refractivity contribution >= 4 is 23.5 Å². The molecule has 2 unspecified atom stereocenters. The lowest BCUT2D eigenvalue weighted by molar-refractivity contribution is -0.140. The summed E-state index contributed by atoms with van der Waals surface area (Å²) in [6, 6.07) is -0.611. The fourth-order valence-electron chi connectivity index (χ4n) is 2.50. The standard InChI is InChI=1S/C15H24N4O4/c1-4-6-17-14(22)11(20)8-18-15(23)13-10(2)5-7-19(13)12(21)9-16-3/h4,10,13,16H,1,5-9H2,2-3H3,(H,17,22)(H,18,23). The molecule has 0 aliphatic carbocycles. The van der Waals surface area contributed by atoms with Gasteiger partial charge in [0.05, 0.1) is 13.1 Å². The second-order valence-electron chi connectivity index (χ2n) is 5.47. The topological polar surface area (TPSA) is 108 Å². The summed E-state index contributed by atoms with van der Waals surface area (Å²) < 4.78 is 0. The van der Waals surface area contributed by atoms with Crippen LogP contribution in [0.1, 0.15) is 13.3 Å². The van der Waals surface area contributed by atoms with Crippen molar-refractivity contribution in [1.29, 1.82) is 0 Å². The van der Waals surface area contributed by atoms with Crippen LogP contribution >= 0.6 is 0 Å². The molecule has 2 atom stereocenters. The number of carbonyl (C=O) groups excluding carboxylic acids is 4. The molecular formula is C15H24N4O4. The zero-order valence-corrected chi connectivity index (χ0v) is 13.6. The minimum Gasteiger partial charge on any atom is -0.347 e. The molecule has 1 heterocycles. The lowest BCUT2D eigenvalue weighted by Crippen LogP contribution is -2.51. The van der Waals surface area contributed by atoms with Gasteiger partial charge in [-0.05, 0) is 19.4 Å². The van der Waals surface area contributed by atoms with Gasteiger partial charge in [-0.2, -0.15) is 0 Å². The Morgan fingerprint density at radius 2 is 1.91 bits per heavy atom. The molecule has 0 aromatic rings. The molecular weight excluding hydrogens is 300 g/mol. The summed E-state index contributed by atoms with van der Waals surface area (Å²) in [5.41, 5.74) is 0. The first-order chi connectivity index (χ1) is 10.9. The van der Waals surface area contributed by atoms with E-state index in [9.17, 15) is 19.2 Å². The molecule has 8 nitrogen and oxygen atoms in total. The molecule has 0 aromatic carbocycles. The maximum atomic E-state index is 12.3. The highest BCUT2D eigenvalue weighted by Gasteiger charge is 2.39. The SMILES string of the molecule is C=CCNC(=O)C(=O)CNC(=O)C1C(C)CCN1C(=O)CNC. The van der Waals surface area contributed by atoms with Crippen molar-refractivity contribution in [1.82, 2.24) is 20.9 Å². The number of nitrogens with one attached hydrogen (secondary N) is 3. The zero-order valence-electron chi connectivity index (χ0n) is 13.6. The summed E-state index contributed by atoms with van der Waals surface area (Å²) in [5.74, 6) is -2.08. The van der Waals surface area contributed by atoms with Crippen LogP contribution < -0.4 is 16.0 Å². The first kappa shape index (κ1) is 18.8. The molecule has 1 fully saturated rings. The number of amides is 3. The number of nitrogens with zero attached hydrogens (tertiary/aromatic N) is 1. The predicted molar refractivity (Wildman–Crippen MR) is 84.4 cm³/mol. The van der Waals surface area contributed by atoms with Gasteiger partial charge < -0.3 is 20.9 Å². The van der Waals surface area contributed by atoms with E-state index in [0.29, 0.717) is 6.54 Å². The van der Waals surface area contributed by atoms with Gasteiger partial charge in [-0.3, -0.25) is 19.2 Å². The van der Waals surface area contributed by atoms with Gasteiger partial charge in [0.1, 0.15) is 6.04 Å². The first-order valence-corrected chi connectivity index (χ1v) is 7.56. The Morgan fingerprint density at radius 1 is 1.22 bits per heavy atom. The Hall–Kier alpha value is -2.22. The van der Waals surface area contributed by atoms with Crippen molar-refractivity contribution in [2.75, 3.05) is 33.2 Å². The van der Waals surface area contributed by atoms with Crippen LogP contribution in [0.25, 0.3) is 0 Å². The second kappa shape index (κ2) is 9.04. The number of hydrogen-bond donors (Lipinski definition) is 3. The highest BCUT2D eigenvalue weighted by atomic mass is 16.2. The van der Waals surface area contributed by atoms with E-state index in [2.05, 4.69) is 22.5 Å². The first-order valence-electron chi connectivity index (χ1n) is 7.56. The van der Waals surface area contributed by atoms with Gasteiger partial charge in [0.25, 0.3) is 5.91 Å². The van der Waals surface area contributed by atoms with Gasteiger partial charge in [-0.15, -0.1) is 6.58 Å². The van der Waals surface area contributed by atoms with E-state index in [-0.39, 0.29) is 31.5 Å². The quantitative estimate of drug-likeness (QED) is 0.369. The van der Waals surface area contributed by atoms with Crippen LogP contribution in [0.3, 0.4) is 0 Å². The van der Waals surface area contributed by atoms with E-state index in [4.69, 9.17) is 0 Å². The lowest BCUT2D eigenvalue weighted by atomic mass is 10.0. The van der Waals surface area contributed by atoms with E-state index >= 15 is 0 Å². The highest BCUT2D eigenvalue weighted by molar-refractivity contribution is 6.37. The molecule has 1 saturated heterocycles. The van der Waals surface area contributed by atoms with Crippen LogP contribution in [0.2, 0.25) is 0 Å². The van der Waals surface area contributed by atoms with Crippen LogP contribution in [-0.2, 0) is 19.2 Å². The molecule has 0 saturated carbocycles. The summed E-state index contributed by atoms with van der Waals surface area (Å²) in [6.45, 7) is 5.77. The van der Waals surface area contributed by atoms with Crippen molar-refractivity contribution in [3.8, 4) is 0 Å². The monoisotopic (exact) mass is 324 g/mol. The summed E-state index contributed by atoms with van der Waals surface area (Å²) in [4.78, 5) is 48.9. The number of likely N-dealkylation sites (tertiary alicyclic amines) is 1. The van der Waals surface area contributed by atoms with Crippen molar-refractivity contribution in [2.45, 2.75) is 19.4 Å². The van der Waals surface area contributed by atoms with Gasteiger partial charge in [0, 0.05) is 13.1 Å². The van der Waals surface area contributed by atoms with E-state index in [0.717, 1.165) is 6.42 Å². The predicted octanol–water partition coefficient (Wildman–Crippen LogP) is -1.57. The Labute approximate surface area is 135 Å². The highest BCUT2D eigenvalue weighted by Crippen LogP contribution is 2.24. The molecule has 0 spiro atoms. The largest absolute Gasteiger partial charge is 0.347 e. The lowest BCUT2D eigenvalue weighted by Gasteiger charge is -2.26.